The molecule has 2 heterocycles. The van der Waals surface area contributed by atoms with Crippen LogP contribution in [0, 0.1) is 11.2 Å². The Hall–Kier alpha value is -2.25. The van der Waals surface area contributed by atoms with Crippen molar-refractivity contribution in [2.75, 3.05) is 33.4 Å². The lowest BCUT2D eigenvalue weighted by Gasteiger charge is -2.37. The SMILES string of the molecule is COCC1(CNC(=O)c2cncn2-c2ccc(F)cc2)CCNCC1. The summed E-state index contributed by atoms with van der Waals surface area (Å²) in [6.07, 6.45) is 4.98. The van der Waals surface area contributed by atoms with Gasteiger partial charge in [0.05, 0.1) is 19.1 Å². The zero-order chi connectivity index (χ0) is 17.7. The summed E-state index contributed by atoms with van der Waals surface area (Å²) in [5.41, 5.74) is 1.07. The van der Waals surface area contributed by atoms with Gasteiger partial charge in [-0.05, 0) is 50.2 Å². The maximum Gasteiger partial charge on any atom is 0.269 e. The molecule has 0 radical (unpaired) electrons. The molecule has 1 aliphatic heterocycles. The molecule has 0 saturated carbocycles. The van der Waals surface area contributed by atoms with Crippen LogP contribution in [0.5, 0.6) is 0 Å². The minimum atomic E-state index is -0.317. The first-order valence-electron chi connectivity index (χ1n) is 8.40. The highest BCUT2D eigenvalue weighted by atomic mass is 19.1. The van der Waals surface area contributed by atoms with Gasteiger partial charge < -0.3 is 15.4 Å². The van der Waals surface area contributed by atoms with E-state index in [2.05, 4.69) is 15.6 Å². The highest BCUT2D eigenvalue weighted by Crippen LogP contribution is 2.28. The zero-order valence-electron chi connectivity index (χ0n) is 14.3. The fourth-order valence-electron chi connectivity index (χ4n) is 3.26. The van der Waals surface area contributed by atoms with Crippen LogP contribution in [0.3, 0.4) is 0 Å². The minimum absolute atomic E-state index is 0.0453. The number of carbonyl (C=O) groups is 1. The summed E-state index contributed by atoms with van der Waals surface area (Å²) in [4.78, 5) is 16.7. The molecule has 1 aromatic carbocycles. The molecule has 1 amide bonds. The fourth-order valence-corrected chi connectivity index (χ4v) is 3.26. The van der Waals surface area contributed by atoms with E-state index in [1.807, 2.05) is 0 Å². The number of carbonyl (C=O) groups excluding carboxylic acids is 1. The summed E-state index contributed by atoms with van der Waals surface area (Å²) in [6.45, 7) is 3.02. The van der Waals surface area contributed by atoms with Gasteiger partial charge in [-0.3, -0.25) is 9.36 Å². The minimum Gasteiger partial charge on any atom is -0.384 e. The van der Waals surface area contributed by atoms with Crippen molar-refractivity contribution in [3.63, 3.8) is 0 Å². The van der Waals surface area contributed by atoms with Gasteiger partial charge in [0.2, 0.25) is 0 Å². The first-order chi connectivity index (χ1) is 12.1. The van der Waals surface area contributed by atoms with E-state index in [0.717, 1.165) is 25.9 Å². The quantitative estimate of drug-likeness (QED) is 0.836. The van der Waals surface area contributed by atoms with E-state index in [1.165, 1.54) is 18.3 Å². The van der Waals surface area contributed by atoms with Gasteiger partial charge in [0, 0.05) is 24.8 Å². The van der Waals surface area contributed by atoms with Crippen molar-refractivity contribution in [2.24, 2.45) is 5.41 Å². The summed E-state index contributed by atoms with van der Waals surface area (Å²) in [5, 5.41) is 6.36. The Morgan fingerprint density at radius 1 is 1.36 bits per heavy atom. The van der Waals surface area contributed by atoms with Crippen LogP contribution in [-0.4, -0.2) is 48.8 Å². The Morgan fingerprint density at radius 2 is 2.08 bits per heavy atom. The van der Waals surface area contributed by atoms with Crippen molar-refractivity contribution < 1.29 is 13.9 Å². The third kappa shape index (κ3) is 4.05. The van der Waals surface area contributed by atoms with Gasteiger partial charge in [0.25, 0.3) is 5.91 Å². The number of nitrogens with zero attached hydrogens (tertiary/aromatic N) is 2. The number of hydrogen-bond donors (Lipinski definition) is 2. The Balaban J connectivity index is 1.71. The van der Waals surface area contributed by atoms with Gasteiger partial charge in [-0.2, -0.15) is 0 Å². The van der Waals surface area contributed by atoms with Crippen molar-refractivity contribution in [3.05, 3.63) is 48.3 Å². The summed E-state index contributed by atoms with van der Waals surface area (Å²) in [5.74, 6) is -0.516. The molecule has 134 valence electrons. The van der Waals surface area contributed by atoms with Crippen molar-refractivity contribution >= 4 is 5.91 Å². The lowest BCUT2D eigenvalue weighted by atomic mass is 9.79. The molecular formula is C18H23FN4O2. The van der Waals surface area contributed by atoms with Gasteiger partial charge in [0.1, 0.15) is 11.5 Å². The van der Waals surface area contributed by atoms with Crippen LogP contribution < -0.4 is 10.6 Å². The molecule has 0 unspecified atom stereocenters. The third-order valence-electron chi connectivity index (χ3n) is 4.71. The molecule has 1 saturated heterocycles. The number of halogens is 1. The molecule has 1 aliphatic rings. The molecule has 0 atom stereocenters. The third-order valence-corrected chi connectivity index (χ3v) is 4.71. The van der Waals surface area contributed by atoms with Gasteiger partial charge in [-0.25, -0.2) is 9.37 Å². The molecule has 1 aromatic heterocycles. The monoisotopic (exact) mass is 346 g/mol. The van der Waals surface area contributed by atoms with Crippen molar-refractivity contribution in [1.82, 2.24) is 20.2 Å². The topological polar surface area (TPSA) is 68.2 Å². The Labute approximate surface area is 146 Å². The van der Waals surface area contributed by atoms with Gasteiger partial charge in [-0.1, -0.05) is 0 Å². The van der Waals surface area contributed by atoms with Crippen LogP contribution in [0.2, 0.25) is 0 Å². The average Bonchev–Trinajstić information content (AvgIpc) is 3.11. The molecule has 2 aromatic rings. The molecule has 25 heavy (non-hydrogen) atoms. The number of nitrogens with one attached hydrogen (secondary N) is 2. The molecular weight excluding hydrogens is 323 g/mol. The number of ether oxygens (including phenoxy) is 1. The van der Waals surface area contributed by atoms with E-state index in [4.69, 9.17) is 4.74 Å². The lowest BCUT2D eigenvalue weighted by molar-refractivity contribution is 0.0510. The standard InChI is InChI=1S/C18H23FN4O2/c1-25-12-18(6-8-20-9-7-18)11-22-17(24)16-10-21-13-23(16)15-4-2-14(19)3-5-15/h2-5,10,13,20H,6-9,11-12H2,1H3,(H,22,24). The second-order valence-electron chi connectivity index (χ2n) is 6.49. The van der Waals surface area contributed by atoms with Crippen LogP contribution in [0.4, 0.5) is 4.39 Å². The van der Waals surface area contributed by atoms with Gasteiger partial charge in [-0.15, -0.1) is 0 Å². The van der Waals surface area contributed by atoms with E-state index in [-0.39, 0.29) is 17.1 Å². The van der Waals surface area contributed by atoms with Crippen LogP contribution >= 0.6 is 0 Å². The predicted octanol–water partition coefficient (Wildman–Crippen LogP) is 1.76. The normalized spacial score (nSPS) is 16.6. The van der Waals surface area contributed by atoms with E-state index in [1.54, 1.807) is 30.1 Å². The van der Waals surface area contributed by atoms with Crippen molar-refractivity contribution in [1.29, 1.82) is 0 Å². The molecule has 2 N–H and O–H groups in total. The number of piperidine rings is 1. The van der Waals surface area contributed by atoms with Crippen molar-refractivity contribution in [3.8, 4) is 5.69 Å². The van der Waals surface area contributed by atoms with Crippen LogP contribution in [0.15, 0.2) is 36.8 Å². The van der Waals surface area contributed by atoms with Gasteiger partial charge >= 0.3 is 0 Å². The number of rotatable bonds is 6. The maximum atomic E-state index is 13.1. The number of hydrogen-bond acceptors (Lipinski definition) is 4. The smallest absolute Gasteiger partial charge is 0.269 e. The zero-order valence-corrected chi connectivity index (χ0v) is 14.3. The second-order valence-corrected chi connectivity index (χ2v) is 6.49. The first-order valence-corrected chi connectivity index (χ1v) is 8.40. The van der Waals surface area contributed by atoms with E-state index >= 15 is 0 Å². The Bertz CT molecular complexity index is 703. The molecule has 1 fully saturated rings. The Kier molecular flexibility index (Phi) is 5.45. The molecule has 7 heteroatoms. The largest absolute Gasteiger partial charge is 0.384 e. The number of methoxy groups -OCH3 is 1. The summed E-state index contributed by atoms with van der Waals surface area (Å²) in [7, 11) is 1.69. The predicted molar refractivity (Wildman–Crippen MR) is 92.3 cm³/mol. The summed E-state index contributed by atoms with van der Waals surface area (Å²) >= 11 is 0. The second kappa shape index (κ2) is 7.76. The van der Waals surface area contributed by atoms with E-state index in [0.29, 0.717) is 24.5 Å². The highest BCUT2D eigenvalue weighted by Gasteiger charge is 2.32. The summed E-state index contributed by atoms with van der Waals surface area (Å²) in [6, 6.07) is 5.96. The van der Waals surface area contributed by atoms with Crippen LogP contribution in [-0.2, 0) is 4.74 Å². The molecule has 6 nitrogen and oxygen atoms in total. The number of aromatic nitrogens is 2. The number of amides is 1. The lowest BCUT2D eigenvalue weighted by Crippen LogP contribution is -2.47. The van der Waals surface area contributed by atoms with E-state index < -0.39 is 0 Å². The molecule has 0 spiro atoms. The van der Waals surface area contributed by atoms with Gasteiger partial charge in [0.15, 0.2) is 0 Å². The average molecular weight is 346 g/mol. The Morgan fingerprint density at radius 3 is 2.76 bits per heavy atom. The van der Waals surface area contributed by atoms with Crippen LogP contribution in [0.25, 0.3) is 5.69 Å². The highest BCUT2D eigenvalue weighted by molar-refractivity contribution is 5.93. The maximum absolute atomic E-state index is 13.1. The molecule has 0 aliphatic carbocycles. The summed E-state index contributed by atoms with van der Waals surface area (Å²) < 4.78 is 20.1. The van der Waals surface area contributed by atoms with Crippen molar-refractivity contribution in [2.45, 2.75) is 12.8 Å². The first kappa shape index (κ1) is 17.6. The van der Waals surface area contributed by atoms with Crippen LogP contribution in [0.1, 0.15) is 23.3 Å². The number of benzene rings is 1. The molecule has 0 bridgehead atoms. The van der Waals surface area contributed by atoms with E-state index in [9.17, 15) is 9.18 Å². The molecule has 3 rings (SSSR count). The number of imidazole rings is 1. The fraction of sp³-hybridized carbons (Fsp3) is 0.444.